The Kier molecular flexibility index (Phi) is 7.18. The summed E-state index contributed by atoms with van der Waals surface area (Å²) in [6.45, 7) is 9.45. The van der Waals surface area contributed by atoms with Gasteiger partial charge in [0.2, 0.25) is 0 Å². The van der Waals surface area contributed by atoms with Crippen molar-refractivity contribution in [2.75, 3.05) is 57.0 Å². The van der Waals surface area contributed by atoms with Gasteiger partial charge in [0.25, 0.3) is 0 Å². The molecular formula is C33H43N3Si. The van der Waals surface area contributed by atoms with Gasteiger partial charge >= 0.3 is 0 Å². The third kappa shape index (κ3) is 4.31. The number of nitrogens with zero attached hydrogens (tertiary/aromatic N) is 3. The molecule has 3 aromatic carbocycles. The van der Waals surface area contributed by atoms with Crippen molar-refractivity contribution in [1.82, 2.24) is 0 Å². The maximum absolute atomic E-state index is 2.71. The summed E-state index contributed by atoms with van der Waals surface area (Å²) in [7, 11) is 10.1. The zero-order valence-electron chi connectivity index (χ0n) is 24.3. The highest BCUT2D eigenvalue weighted by atomic mass is 28.3. The van der Waals surface area contributed by atoms with Gasteiger partial charge in [-0.05, 0) is 78.3 Å². The van der Waals surface area contributed by atoms with E-state index in [1.807, 2.05) is 0 Å². The number of hydrogen-bond acceptors (Lipinski definition) is 3. The molecule has 0 bridgehead atoms. The van der Waals surface area contributed by atoms with E-state index in [9.17, 15) is 0 Å². The molecule has 0 aliphatic heterocycles. The van der Waals surface area contributed by atoms with Crippen molar-refractivity contribution in [2.45, 2.75) is 32.7 Å². The Labute approximate surface area is 225 Å². The number of benzene rings is 3. The van der Waals surface area contributed by atoms with Gasteiger partial charge in [-0.1, -0.05) is 60.5 Å². The molecule has 0 N–H and O–H groups in total. The second-order valence-corrected chi connectivity index (χ2v) is 15.6. The summed E-state index contributed by atoms with van der Waals surface area (Å²) in [5.41, 5.74) is 8.02. The number of hydrogen-bond donors (Lipinski definition) is 0. The van der Waals surface area contributed by atoms with E-state index in [0.29, 0.717) is 0 Å². The van der Waals surface area contributed by atoms with Crippen LogP contribution in [0.25, 0.3) is 0 Å². The van der Waals surface area contributed by atoms with Crippen LogP contribution in [0.15, 0.2) is 95.6 Å². The minimum Gasteiger partial charge on any atom is -0.378 e. The molecule has 0 aromatic heterocycles. The fourth-order valence-corrected chi connectivity index (χ4v) is 12.3. The number of rotatable bonds is 7. The lowest BCUT2D eigenvalue weighted by molar-refractivity contribution is 0.870. The zero-order valence-corrected chi connectivity index (χ0v) is 25.3. The van der Waals surface area contributed by atoms with Gasteiger partial charge in [-0.2, -0.15) is 0 Å². The molecule has 1 aliphatic carbocycles. The Morgan fingerprint density at radius 3 is 1.19 bits per heavy atom. The van der Waals surface area contributed by atoms with E-state index in [4.69, 9.17) is 0 Å². The molecule has 3 nitrogen and oxygen atoms in total. The average molecular weight is 510 g/mol. The van der Waals surface area contributed by atoms with Gasteiger partial charge in [-0.25, -0.2) is 0 Å². The van der Waals surface area contributed by atoms with Crippen LogP contribution in [0.3, 0.4) is 0 Å². The van der Waals surface area contributed by atoms with Crippen molar-refractivity contribution in [3.05, 3.63) is 95.6 Å². The van der Waals surface area contributed by atoms with Crippen LogP contribution in [0.5, 0.6) is 0 Å². The molecule has 0 saturated carbocycles. The van der Waals surface area contributed by atoms with Crippen LogP contribution >= 0.6 is 0 Å². The van der Waals surface area contributed by atoms with E-state index in [1.54, 1.807) is 0 Å². The van der Waals surface area contributed by atoms with Crippen LogP contribution in [0.1, 0.15) is 27.7 Å². The van der Waals surface area contributed by atoms with Gasteiger partial charge in [0.05, 0.1) is 0 Å². The highest BCUT2D eigenvalue weighted by Crippen LogP contribution is 2.53. The molecule has 4 rings (SSSR count). The summed E-state index contributed by atoms with van der Waals surface area (Å²) >= 11 is 0. The van der Waals surface area contributed by atoms with Crippen molar-refractivity contribution in [3.63, 3.8) is 0 Å². The third-order valence-electron chi connectivity index (χ3n) is 8.60. The van der Waals surface area contributed by atoms with E-state index >= 15 is 0 Å². The SMILES string of the molecule is CC1=CC(C)([Si](c2cccc(N(C)C)c2)(c2cccc(N(C)C)c2)c2cccc(N(C)C)c2)C(C)=C1C. The second-order valence-electron chi connectivity index (χ2n) is 11.4. The predicted molar refractivity (Wildman–Crippen MR) is 167 cm³/mol. The van der Waals surface area contributed by atoms with Gasteiger partial charge < -0.3 is 14.7 Å². The molecule has 4 heteroatoms. The van der Waals surface area contributed by atoms with Crippen molar-refractivity contribution >= 4 is 40.7 Å². The van der Waals surface area contributed by atoms with E-state index in [2.05, 4.69) is 164 Å². The van der Waals surface area contributed by atoms with Gasteiger partial charge in [0.15, 0.2) is 8.07 Å². The van der Waals surface area contributed by atoms with Crippen molar-refractivity contribution in [1.29, 1.82) is 0 Å². The molecule has 0 radical (unpaired) electrons. The fourth-order valence-electron chi connectivity index (χ4n) is 6.18. The summed E-state index contributed by atoms with van der Waals surface area (Å²) in [6.07, 6.45) is 2.58. The van der Waals surface area contributed by atoms with Crippen LogP contribution in [0.4, 0.5) is 17.1 Å². The van der Waals surface area contributed by atoms with Gasteiger partial charge in [0.1, 0.15) is 0 Å². The molecule has 0 saturated heterocycles. The summed E-state index contributed by atoms with van der Waals surface area (Å²) in [4.78, 5) is 6.67. The molecule has 1 atom stereocenters. The first-order chi connectivity index (χ1) is 17.4. The van der Waals surface area contributed by atoms with E-state index in [1.165, 1.54) is 49.3 Å². The van der Waals surface area contributed by atoms with E-state index < -0.39 is 8.07 Å². The van der Waals surface area contributed by atoms with Gasteiger partial charge in [0, 0.05) is 64.4 Å². The van der Waals surface area contributed by atoms with Crippen LogP contribution in [-0.4, -0.2) is 50.4 Å². The molecule has 1 aliphatic rings. The molecule has 194 valence electrons. The Balaban J connectivity index is 2.24. The van der Waals surface area contributed by atoms with Crippen molar-refractivity contribution in [2.24, 2.45) is 0 Å². The number of allylic oxidation sites excluding steroid dienone is 4. The lowest BCUT2D eigenvalue weighted by atomic mass is 10.0. The quantitative estimate of drug-likeness (QED) is 0.311. The molecule has 37 heavy (non-hydrogen) atoms. The minimum absolute atomic E-state index is 0.137. The molecule has 0 amide bonds. The maximum Gasteiger partial charge on any atom is 0.162 e. The van der Waals surface area contributed by atoms with Crippen LogP contribution in [0.2, 0.25) is 5.04 Å². The standard InChI is InChI=1S/C33H43N3Si/c1-24-23-33(4,26(3)25(24)2)37(30-17-11-14-27(20-30)34(5)6,31-18-12-15-28(21-31)35(7)8)32-19-13-16-29(22-32)36(9)10/h11-23H,1-10H3. The highest BCUT2D eigenvalue weighted by molar-refractivity contribution is 7.14. The summed E-state index contributed by atoms with van der Waals surface area (Å²) in [6, 6.07) is 27.9. The van der Waals surface area contributed by atoms with Crippen LogP contribution < -0.4 is 30.3 Å². The second kappa shape index (κ2) is 9.90. The average Bonchev–Trinajstić information content (AvgIpc) is 3.08. The molecular weight excluding hydrogens is 466 g/mol. The minimum atomic E-state index is -2.71. The monoisotopic (exact) mass is 509 g/mol. The zero-order chi connectivity index (χ0) is 27.1. The lowest BCUT2D eigenvalue weighted by Gasteiger charge is -2.47. The molecule has 3 aromatic rings. The van der Waals surface area contributed by atoms with Gasteiger partial charge in [-0.15, -0.1) is 0 Å². The third-order valence-corrected chi connectivity index (χ3v) is 14.2. The Morgan fingerprint density at radius 2 is 0.919 bits per heavy atom. The first kappa shape index (κ1) is 26.8. The highest BCUT2D eigenvalue weighted by Gasteiger charge is 2.56. The molecule has 0 heterocycles. The Morgan fingerprint density at radius 1 is 0.568 bits per heavy atom. The fraction of sp³-hybridized carbons (Fsp3) is 0.333. The normalized spacial score (nSPS) is 17.6. The first-order valence-corrected chi connectivity index (χ1v) is 15.1. The summed E-state index contributed by atoms with van der Waals surface area (Å²) in [5.74, 6) is 0. The summed E-state index contributed by atoms with van der Waals surface area (Å²) in [5, 5.41) is 4.17. The Bertz CT molecular complexity index is 1240. The Hall–Kier alpha value is -3.24. The van der Waals surface area contributed by atoms with E-state index in [-0.39, 0.29) is 5.04 Å². The predicted octanol–water partition coefficient (Wildman–Crippen LogP) is 5.41. The first-order valence-electron chi connectivity index (χ1n) is 13.1. The lowest BCUT2D eigenvalue weighted by Crippen LogP contribution is -2.73. The maximum atomic E-state index is 2.58. The van der Waals surface area contributed by atoms with Crippen LogP contribution in [-0.2, 0) is 0 Å². The van der Waals surface area contributed by atoms with Gasteiger partial charge in [-0.3, -0.25) is 0 Å². The molecule has 0 spiro atoms. The largest absolute Gasteiger partial charge is 0.378 e. The summed E-state index contributed by atoms with van der Waals surface area (Å²) < 4.78 is 0. The van der Waals surface area contributed by atoms with E-state index in [0.717, 1.165) is 0 Å². The smallest absolute Gasteiger partial charge is 0.162 e. The number of anilines is 3. The topological polar surface area (TPSA) is 9.72 Å². The van der Waals surface area contributed by atoms with Crippen molar-refractivity contribution in [3.8, 4) is 0 Å². The molecule has 0 fully saturated rings. The van der Waals surface area contributed by atoms with Crippen LogP contribution in [0, 0.1) is 0 Å². The molecule has 1 unspecified atom stereocenters. The van der Waals surface area contributed by atoms with Crippen molar-refractivity contribution < 1.29 is 0 Å².